The molecular formula is C32H44N4O16. The first-order valence-corrected chi connectivity index (χ1v) is 15.6. The number of hydrogen-bond acceptors (Lipinski definition) is 16. The third kappa shape index (κ3) is 15.2. The van der Waals surface area contributed by atoms with Crippen molar-refractivity contribution in [1.82, 2.24) is 19.6 Å². The summed E-state index contributed by atoms with van der Waals surface area (Å²) in [6.07, 6.45) is 3.27. The SMILES string of the molecule is C=CC(=O)OCC(C(=O)O)N1CCN(C(COC(=O)C=C)C(=O)O)CCN(C(COC(=O)C=C)C(=O)O)CCN(C(COC(=O)C=C)C(=O)O)CC1. The Bertz CT molecular complexity index is 1140. The van der Waals surface area contributed by atoms with Crippen LogP contribution in [0.2, 0.25) is 0 Å². The summed E-state index contributed by atoms with van der Waals surface area (Å²) in [4.78, 5) is 102. The summed E-state index contributed by atoms with van der Waals surface area (Å²) >= 11 is 0. The predicted octanol–water partition coefficient (Wildman–Crippen LogP) is -2.06. The summed E-state index contributed by atoms with van der Waals surface area (Å²) in [6.45, 7) is 8.32. The molecule has 1 rings (SSSR count). The minimum atomic E-state index is -1.54. The van der Waals surface area contributed by atoms with Crippen LogP contribution in [-0.2, 0) is 57.3 Å². The van der Waals surface area contributed by atoms with E-state index in [-0.39, 0.29) is 52.4 Å². The standard InChI is InChI=1S/C32H44N4O16/c1-5-25(37)49-17-21(29(41)42)33-9-11-34(22(30(43)44)18-50-26(38)6-2)13-15-36(24(32(47)48)20-52-28(40)8-4)16-14-35(12-10-33)23(31(45)46)19-51-27(39)7-3/h5-8,21-24H,1-4,9-20H2,(H,41,42)(H,43,44)(H,45,46)(H,47,48). The van der Waals surface area contributed by atoms with Gasteiger partial charge in [0, 0.05) is 76.7 Å². The predicted molar refractivity (Wildman–Crippen MR) is 177 cm³/mol. The van der Waals surface area contributed by atoms with Crippen LogP contribution in [0.3, 0.4) is 0 Å². The van der Waals surface area contributed by atoms with Crippen molar-refractivity contribution >= 4 is 47.8 Å². The lowest BCUT2D eigenvalue weighted by Crippen LogP contribution is -2.58. The van der Waals surface area contributed by atoms with E-state index in [1.54, 1.807) is 0 Å². The number of esters is 4. The van der Waals surface area contributed by atoms with Gasteiger partial charge in [-0.15, -0.1) is 0 Å². The molecule has 1 fully saturated rings. The topological polar surface area (TPSA) is 267 Å². The van der Waals surface area contributed by atoms with Crippen LogP contribution in [-0.4, -0.2) is 191 Å². The molecule has 1 aliphatic rings. The molecule has 4 atom stereocenters. The van der Waals surface area contributed by atoms with Crippen molar-refractivity contribution in [2.24, 2.45) is 0 Å². The highest BCUT2D eigenvalue weighted by molar-refractivity contribution is 5.83. The van der Waals surface area contributed by atoms with Gasteiger partial charge in [0.05, 0.1) is 0 Å². The zero-order valence-electron chi connectivity index (χ0n) is 28.4. The molecule has 0 bridgehead atoms. The van der Waals surface area contributed by atoms with E-state index in [1.165, 1.54) is 19.6 Å². The van der Waals surface area contributed by atoms with Crippen molar-refractivity contribution in [3.05, 3.63) is 50.6 Å². The molecule has 4 unspecified atom stereocenters. The molecular weight excluding hydrogens is 696 g/mol. The first-order chi connectivity index (χ1) is 24.6. The van der Waals surface area contributed by atoms with E-state index in [0.29, 0.717) is 0 Å². The maximum atomic E-state index is 12.4. The van der Waals surface area contributed by atoms with E-state index in [0.717, 1.165) is 24.3 Å². The van der Waals surface area contributed by atoms with E-state index in [2.05, 4.69) is 26.3 Å². The molecule has 1 saturated heterocycles. The molecule has 0 aromatic heterocycles. The van der Waals surface area contributed by atoms with Crippen molar-refractivity contribution in [3.8, 4) is 0 Å². The fraction of sp³-hybridized carbons (Fsp3) is 0.500. The van der Waals surface area contributed by atoms with Gasteiger partial charge < -0.3 is 39.4 Å². The molecule has 0 aromatic carbocycles. The van der Waals surface area contributed by atoms with Gasteiger partial charge in [0.25, 0.3) is 0 Å². The van der Waals surface area contributed by atoms with Crippen LogP contribution >= 0.6 is 0 Å². The van der Waals surface area contributed by atoms with Gasteiger partial charge >= 0.3 is 47.8 Å². The second-order valence-corrected chi connectivity index (χ2v) is 10.9. The molecule has 0 aromatic rings. The lowest BCUT2D eigenvalue weighted by Gasteiger charge is -2.39. The molecule has 20 nitrogen and oxygen atoms in total. The van der Waals surface area contributed by atoms with Gasteiger partial charge in [-0.3, -0.25) is 38.8 Å². The Morgan fingerprint density at radius 3 is 0.673 bits per heavy atom. The first-order valence-electron chi connectivity index (χ1n) is 15.6. The Labute approximate surface area is 298 Å². The molecule has 288 valence electrons. The Morgan fingerprint density at radius 2 is 0.558 bits per heavy atom. The molecule has 0 radical (unpaired) electrons. The molecule has 0 amide bonds. The lowest BCUT2D eigenvalue weighted by molar-refractivity contribution is -0.156. The van der Waals surface area contributed by atoms with Gasteiger partial charge in [-0.25, -0.2) is 19.2 Å². The molecule has 1 heterocycles. The molecule has 4 N–H and O–H groups in total. The average molecular weight is 741 g/mol. The van der Waals surface area contributed by atoms with Crippen molar-refractivity contribution in [2.75, 3.05) is 78.8 Å². The summed E-state index contributed by atoms with van der Waals surface area (Å²) in [7, 11) is 0. The third-order valence-corrected chi connectivity index (χ3v) is 7.80. The molecule has 0 saturated carbocycles. The number of rotatable bonds is 20. The van der Waals surface area contributed by atoms with E-state index in [1.807, 2.05) is 0 Å². The first kappa shape index (κ1) is 44.6. The van der Waals surface area contributed by atoms with Crippen LogP contribution < -0.4 is 0 Å². The highest BCUT2D eigenvalue weighted by atomic mass is 16.5. The molecule has 1 aliphatic heterocycles. The Kier molecular flexibility index (Phi) is 19.8. The lowest BCUT2D eigenvalue weighted by atomic mass is 10.1. The quantitative estimate of drug-likeness (QED) is 0.0593. The van der Waals surface area contributed by atoms with Crippen LogP contribution in [0.15, 0.2) is 50.6 Å². The van der Waals surface area contributed by atoms with Crippen molar-refractivity contribution in [2.45, 2.75) is 24.2 Å². The number of carbonyl (C=O) groups is 8. The van der Waals surface area contributed by atoms with Crippen molar-refractivity contribution in [3.63, 3.8) is 0 Å². The third-order valence-electron chi connectivity index (χ3n) is 7.80. The maximum Gasteiger partial charge on any atom is 0.330 e. The van der Waals surface area contributed by atoms with Crippen LogP contribution in [0, 0.1) is 0 Å². The van der Waals surface area contributed by atoms with Crippen LogP contribution in [0.25, 0.3) is 0 Å². The molecule has 0 spiro atoms. The molecule has 20 heteroatoms. The number of ether oxygens (including phenoxy) is 4. The van der Waals surface area contributed by atoms with Crippen LogP contribution in [0.1, 0.15) is 0 Å². The Balaban J connectivity index is 3.77. The summed E-state index contributed by atoms with van der Waals surface area (Å²) in [5, 5.41) is 40.5. The second-order valence-electron chi connectivity index (χ2n) is 10.9. The van der Waals surface area contributed by atoms with Gasteiger partial charge in [0.1, 0.15) is 50.6 Å². The highest BCUT2D eigenvalue weighted by Crippen LogP contribution is 2.13. The van der Waals surface area contributed by atoms with Crippen molar-refractivity contribution < 1.29 is 77.7 Å². The fourth-order valence-corrected chi connectivity index (χ4v) is 4.93. The number of aliphatic carboxylic acids is 4. The summed E-state index contributed by atoms with van der Waals surface area (Å²) in [5.41, 5.74) is 0. The van der Waals surface area contributed by atoms with E-state index < -0.39 is 98.3 Å². The summed E-state index contributed by atoms with van der Waals surface area (Å²) in [5.74, 6) is -9.51. The van der Waals surface area contributed by atoms with Gasteiger partial charge in [-0.2, -0.15) is 0 Å². The van der Waals surface area contributed by atoms with Crippen LogP contribution in [0.4, 0.5) is 0 Å². The van der Waals surface area contributed by atoms with Gasteiger partial charge in [-0.05, 0) is 0 Å². The smallest absolute Gasteiger partial charge is 0.330 e. The van der Waals surface area contributed by atoms with Crippen molar-refractivity contribution in [1.29, 1.82) is 0 Å². The number of carboxylic acid groups (broad SMARTS) is 4. The Morgan fingerprint density at radius 1 is 0.404 bits per heavy atom. The summed E-state index contributed by atoms with van der Waals surface area (Å²) in [6, 6.07) is -6.14. The average Bonchev–Trinajstić information content (AvgIpc) is 3.10. The van der Waals surface area contributed by atoms with Gasteiger partial charge in [0.15, 0.2) is 0 Å². The number of carbonyl (C=O) groups excluding carboxylic acids is 4. The van der Waals surface area contributed by atoms with Gasteiger partial charge in [0.2, 0.25) is 0 Å². The number of nitrogens with zero attached hydrogens (tertiary/aromatic N) is 4. The zero-order valence-corrected chi connectivity index (χ0v) is 28.4. The maximum absolute atomic E-state index is 12.4. The zero-order chi connectivity index (χ0) is 39.4. The van der Waals surface area contributed by atoms with E-state index >= 15 is 0 Å². The summed E-state index contributed by atoms with van der Waals surface area (Å²) < 4.78 is 20.0. The van der Waals surface area contributed by atoms with E-state index in [4.69, 9.17) is 18.9 Å². The normalized spacial score (nSPS) is 17.5. The molecule has 52 heavy (non-hydrogen) atoms. The molecule has 0 aliphatic carbocycles. The van der Waals surface area contributed by atoms with E-state index in [9.17, 15) is 58.8 Å². The number of carboxylic acids is 4. The van der Waals surface area contributed by atoms with Crippen LogP contribution in [0.5, 0.6) is 0 Å². The minimum absolute atomic E-state index is 0.252. The minimum Gasteiger partial charge on any atom is -0.480 e. The highest BCUT2D eigenvalue weighted by Gasteiger charge is 2.36. The largest absolute Gasteiger partial charge is 0.480 e. The Hall–Kier alpha value is -5.44. The monoisotopic (exact) mass is 740 g/mol. The van der Waals surface area contributed by atoms with Gasteiger partial charge in [-0.1, -0.05) is 26.3 Å². The number of hydrogen-bond donors (Lipinski definition) is 4. The second kappa shape index (κ2) is 23.1. The fourth-order valence-electron chi connectivity index (χ4n) is 4.93.